The van der Waals surface area contributed by atoms with Gasteiger partial charge in [-0.25, -0.2) is 18.7 Å². The van der Waals surface area contributed by atoms with Crippen molar-refractivity contribution in [1.82, 2.24) is 19.9 Å². The number of pyridine rings is 1. The average molecular weight is 622 g/mol. The Morgan fingerprint density at radius 1 is 1.05 bits per heavy atom. The van der Waals surface area contributed by atoms with Crippen LogP contribution in [0.5, 0.6) is 0 Å². The molecule has 5 rings (SSSR count). The zero-order chi connectivity index (χ0) is 31.9. The van der Waals surface area contributed by atoms with E-state index in [1.807, 2.05) is 32.7 Å². The Labute approximate surface area is 249 Å². The molecule has 1 aromatic carbocycles. The van der Waals surface area contributed by atoms with E-state index in [-0.39, 0.29) is 35.5 Å². The molecule has 2 N–H and O–H groups in total. The fourth-order valence-electron chi connectivity index (χ4n) is 5.53. The third-order valence-electron chi connectivity index (χ3n) is 8.06. The molecule has 0 unspecified atom stereocenters. The minimum atomic E-state index is -5.05. The lowest BCUT2D eigenvalue weighted by molar-refractivity contribution is -0.138. The van der Waals surface area contributed by atoms with Crippen LogP contribution in [0.4, 0.5) is 39.3 Å². The van der Waals surface area contributed by atoms with Crippen LogP contribution < -0.4 is 20.7 Å². The smallest absolute Gasteiger partial charge is 0.375 e. The summed E-state index contributed by atoms with van der Waals surface area (Å²) in [4.78, 5) is 41.2. The third kappa shape index (κ3) is 6.24. The molecule has 236 valence electrons. The second-order valence-corrected chi connectivity index (χ2v) is 11.2. The molecule has 2 aliphatic rings. The number of morpholine rings is 1. The third-order valence-corrected chi connectivity index (χ3v) is 8.06. The number of nitrogens with zero attached hydrogens (tertiary/aromatic N) is 5. The SMILES string of the molecule is C[C@@H]1CN(c2ncc(-c3c(F)cc(N4C[C@@H](C)N(C)[C@@H](C)C4)c(NC(=O)c4c[nH]c(=O)cc4C(F)(F)F)c3F)cn2)CCO1. The lowest BCUT2D eigenvalue weighted by Crippen LogP contribution is -2.55. The van der Waals surface area contributed by atoms with Crippen LogP contribution in [-0.2, 0) is 10.9 Å². The van der Waals surface area contributed by atoms with Gasteiger partial charge in [-0.15, -0.1) is 0 Å². The summed E-state index contributed by atoms with van der Waals surface area (Å²) in [6.45, 7) is 7.92. The number of carbonyl (C=O) groups is 1. The Hall–Kier alpha value is -4.11. The number of hydrogen-bond acceptors (Lipinski definition) is 8. The number of likely N-dealkylation sites (N-methyl/N-ethyl adjacent to an activating group) is 1. The number of ether oxygens (including phenoxy) is 1. The molecule has 0 radical (unpaired) electrons. The minimum Gasteiger partial charge on any atom is -0.375 e. The first-order chi connectivity index (χ1) is 20.7. The number of anilines is 3. The summed E-state index contributed by atoms with van der Waals surface area (Å²) >= 11 is 0. The number of benzene rings is 1. The van der Waals surface area contributed by atoms with Crippen LogP contribution in [0.2, 0.25) is 0 Å². The van der Waals surface area contributed by atoms with Gasteiger partial charge in [0, 0.05) is 74.5 Å². The quantitative estimate of drug-likeness (QED) is 0.410. The minimum absolute atomic E-state index is 0.0350. The molecule has 0 aliphatic carbocycles. The van der Waals surface area contributed by atoms with Crippen molar-refractivity contribution in [3.8, 4) is 11.1 Å². The van der Waals surface area contributed by atoms with Crippen molar-refractivity contribution >= 4 is 23.2 Å². The molecule has 44 heavy (non-hydrogen) atoms. The molecule has 2 aliphatic heterocycles. The first-order valence-corrected chi connectivity index (χ1v) is 14.0. The number of nitrogens with one attached hydrogen (secondary N) is 2. The molecule has 4 heterocycles. The number of alkyl halides is 3. The lowest BCUT2D eigenvalue weighted by atomic mass is 10.0. The number of aromatic amines is 1. The number of carbonyl (C=O) groups excluding carboxylic acids is 1. The highest BCUT2D eigenvalue weighted by Crippen LogP contribution is 2.40. The van der Waals surface area contributed by atoms with Gasteiger partial charge >= 0.3 is 6.18 Å². The van der Waals surface area contributed by atoms with Gasteiger partial charge in [0.25, 0.3) is 5.91 Å². The first-order valence-electron chi connectivity index (χ1n) is 14.0. The van der Waals surface area contributed by atoms with Gasteiger partial charge in [0.15, 0.2) is 5.82 Å². The highest BCUT2D eigenvalue weighted by molar-refractivity contribution is 6.07. The van der Waals surface area contributed by atoms with Gasteiger partial charge in [0.2, 0.25) is 11.5 Å². The zero-order valence-electron chi connectivity index (χ0n) is 24.5. The summed E-state index contributed by atoms with van der Waals surface area (Å²) in [5, 5.41) is 2.25. The van der Waals surface area contributed by atoms with Crippen LogP contribution >= 0.6 is 0 Å². The molecule has 0 spiro atoms. The molecular weight excluding hydrogens is 589 g/mol. The normalized spacial score (nSPS) is 21.4. The number of piperazine rings is 1. The standard InChI is InChI=1S/C29H32F5N7O3/c1-15-12-41(13-16(2)39(15)4)22-8-21(30)24(18-9-36-28(37-10-18)40-5-6-44-17(3)14-40)25(31)26(22)38-27(43)19-11-35-23(42)7-20(19)29(32,33)34/h7-11,15-17H,5-6,12-14H2,1-4H3,(H,35,42)(H,38,43)/t15-,16+,17-/m1/s1. The molecular formula is C29H32F5N7O3. The summed E-state index contributed by atoms with van der Waals surface area (Å²) in [6, 6.07) is 1.20. The average Bonchev–Trinajstić information content (AvgIpc) is 2.96. The molecule has 10 nitrogen and oxygen atoms in total. The van der Waals surface area contributed by atoms with Crippen LogP contribution in [0.15, 0.2) is 35.5 Å². The van der Waals surface area contributed by atoms with Crippen molar-refractivity contribution in [2.75, 3.05) is 55.0 Å². The van der Waals surface area contributed by atoms with Crippen LogP contribution in [0.1, 0.15) is 36.7 Å². The Morgan fingerprint density at radius 3 is 2.32 bits per heavy atom. The van der Waals surface area contributed by atoms with E-state index in [0.717, 1.165) is 6.07 Å². The number of hydrogen-bond donors (Lipinski definition) is 2. The second-order valence-electron chi connectivity index (χ2n) is 11.2. The van der Waals surface area contributed by atoms with E-state index in [0.29, 0.717) is 44.9 Å². The monoisotopic (exact) mass is 621 g/mol. The summed E-state index contributed by atoms with van der Waals surface area (Å²) < 4.78 is 78.9. The van der Waals surface area contributed by atoms with Gasteiger partial charge in [-0.3, -0.25) is 14.5 Å². The van der Waals surface area contributed by atoms with E-state index >= 15 is 8.78 Å². The molecule has 15 heteroatoms. The number of rotatable bonds is 5. The highest BCUT2D eigenvalue weighted by atomic mass is 19.4. The van der Waals surface area contributed by atoms with E-state index in [9.17, 15) is 22.8 Å². The molecule has 1 amide bonds. The summed E-state index contributed by atoms with van der Waals surface area (Å²) in [7, 11) is 1.91. The van der Waals surface area contributed by atoms with Gasteiger partial charge in [-0.2, -0.15) is 13.2 Å². The fourth-order valence-corrected chi connectivity index (χ4v) is 5.53. The van der Waals surface area contributed by atoms with Crippen molar-refractivity contribution in [1.29, 1.82) is 0 Å². The van der Waals surface area contributed by atoms with Gasteiger partial charge in [0.05, 0.1) is 35.1 Å². The second kappa shape index (κ2) is 12.1. The van der Waals surface area contributed by atoms with Crippen molar-refractivity contribution in [2.45, 2.75) is 45.1 Å². The van der Waals surface area contributed by atoms with Crippen LogP contribution in [0.3, 0.4) is 0 Å². The number of halogens is 5. The van der Waals surface area contributed by atoms with Crippen molar-refractivity contribution in [3.63, 3.8) is 0 Å². The van der Waals surface area contributed by atoms with Crippen molar-refractivity contribution < 1.29 is 31.5 Å². The molecule has 0 bridgehead atoms. The summed E-state index contributed by atoms with van der Waals surface area (Å²) in [5.41, 5.74) is -4.64. The van der Waals surface area contributed by atoms with E-state index in [1.165, 1.54) is 12.4 Å². The Balaban J connectivity index is 1.58. The Bertz CT molecular complexity index is 1590. The first kappa shape index (κ1) is 31.3. The maximum Gasteiger partial charge on any atom is 0.417 e. The van der Waals surface area contributed by atoms with Crippen LogP contribution in [0, 0.1) is 11.6 Å². The largest absolute Gasteiger partial charge is 0.417 e. The molecule has 2 aromatic heterocycles. The molecule has 2 saturated heterocycles. The number of H-pyrrole nitrogens is 1. The topological polar surface area (TPSA) is 107 Å². The van der Waals surface area contributed by atoms with Crippen molar-refractivity contribution in [2.24, 2.45) is 0 Å². The molecule has 3 atom stereocenters. The summed E-state index contributed by atoms with van der Waals surface area (Å²) in [5.74, 6) is -3.17. The van der Waals surface area contributed by atoms with Crippen LogP contribution in [-0.4, -0.2) is 83.8 Å². The van der Waals surface area contributed by atoms with E-state index in [2.05, 4.69) is 25.2 Å². The molecule has 2 fully saturated rings. The highest BCUT2D eigenvalue weighted by Gasteiger charge is 2.37. The van der Waals surface area contributed by atoms with E-state index in [4.69, 9.17) is 4.74 Å². The fraction of sp³-hybridized carbons (Fsp3) is 0.448. The maximum atomic E-state index is 16.4. The van der Waals surface area contributed by atoms with Gasteiger partial charge in [0.1, 0.15) is 11.5 Å². The van der Waals surface area contributed by atoms with E-state index in [1.54, 1.807) is 4.90 Å². The van der Waals surface area contributed by atoms with Gasteiger partial charge < -0.3 is 24.8 Å². The van der Waals surface area contributed by atoms with Gasteiger partial charge in [-0.05, 0) is 27.8 Å². The number of aromatic nitrogens is 3. The lowest BCUT2D eigenvalue weighted by Gasteiger charge is -2.44. The summed E-state index contributed by atoms with van der Waals surface area (Å²) in [6.07, 6.45) is -1.99. The van der Waals surface area contributed by atoms with E-state index < -0.39 is 51.7 Å². The Morgan fingerprint density at radius 2 is 1.70 bits per heavy atom. The predicted octanol–water partition coefficient (Wildman–Crippen LogP) is 4.14. The van der Waals surface area contributed by atoms with Gasteiger partial charge in [-0.1, -0.05) is 0 Å². The molecule has 3 aromatic rings. The van der Waals surface area contributed by atoms with Crippen LogP contribution in [0.25, 0.3) is 11.1 Å². The maximum absolute atomic E-state index is 16.4. The van der Waals surface area contributed by atoms with Crippen molar-refractivity contribution in [3.05, 3.63) is 63.8 Å². The number of amides is 1. The Kier molecular flexibility index (Phi) is 8.62. The molecule has 0 saturated carbocycles. The zero-order valence-corrected chi connectivity index (χ0v) is 24.5. The predicted molar refractivity (Wildman–Crippen MR) is 154 cm³/mol.